The van der Waals surface area contributed by atoms with Gasteiger partial charge in [-0.05, 0) is 18.1 Å². The molecule has 0 bridgehead atoms. The van der Waals surface area contributed by atoms with E-state index in [1.807, 2.05) is 26.0 Å². The fourth-order valence-corrected chi connectivity index (χ4v) is 2.19. The molecule has 0 unspecified atom stereocenters. The first kappa shape index (κ1) is 13.2. The molecule has 0 fully saturated rings. The Balaban J connectivity index is 2.24. The van der Waals surface area contributed by atoms with Gasteiger partial charge in [-0.15, -0.1) is 0 Å². The van der Waals surface area contributed by atoms with E-state index in [9.17, 15) is 5.11 Å². The van der Waals surface area contributed by atoms with Gasteiger partial charge in [-0.2, -0.15) is 4.98 Å². The van der Waals surface area contributed by atoms with Crippen molar-refractivity contribution in [1.29, 1.82) is 0 Å². The maximum absolute atomic E-state index is 10.3. The molecule has 1 N–H and O–H groups in total. The molecule has 6 heteroatoms. The Kier molecular flexibility index (Phi) is 3.35. The predicted octanol–water partition coefficient (Wildman–Crippen LogP) is 2.55. The van der Waals surface area contributed by atoms with Gasteiger partial charge in [0.25, 0.3) is 0 Å². The van der Waals surface area contributed by atoms with Gasteiger partial charge in [0, 0.05) is 35.9 Å². The van der Waals surface area contributed by atoms with Crippen LogP contribution in [0, 0.1) is 0 Å². The molecule has 21 heavy (non-hydrogen) atoms. The standard InChI is InChI=1S/C15H15N5O/c1-10(2)12-13(11-4-3-5-16-8-11)18-15(19-14(12)21)20-7-6-17-9-20/h3-10H,1-2H3,(H,18,19,21). The van der Waals surface area contributed by atoms with E-state index in [0.717, 1.165) is 5.56 Å². The highest BCUT2D eigenvalue weighted by Crippen LogP contribution is 2.33. The molecule has 6 nitrogen and oxygen atoms in total. The van der Waals surface area contributed by atoms with Gasteiger partial charge in [-0.3, -0.25) is 9.55 Å². The molecule has 3 aromatic rings. The molecular formula is C15H15N5O. The van der Waals surface area contributed by atoms with Crippen LogP contribution >= 0.6 is 0 Å². The number of pyridine rings is 1. The van der Waals surface area contributed by atoms with Gasteiger partial charge >= 0.3 is 0 Å². The fourth-order valence-electron chi connectivity index (χ4n) is 2.19. The molecule has 0 amide bonds. The third-order valence-electron chi connectivity index (χ3n) is 3.16. The number of nitrogens with zero attached hydrogens (tertiary/aromatic N) is 5. The molecule has 0 spiro atoms. The highest BCUT2D eigenvalue weighted by molar-refractivity contribution is 5.65. The lowest BCUT2D eigenvalue weighted by atomic mass is 9.99. The number of aromatic hydroxyl groups is 1. The Morgan fingerprint density at radius 1 is 1.14 bits per heavy atom. The van der Waals surface area contributed by atoms with Crippen LogP contribution in [0.25, 0.3) is 17.2 Å². The summed E-state index contributed by atoms with van der Waals surface area (Å²) in [7, 11) is 0. The highest BCUT2D eigenvalue weighted by Gasteiger charge is 2.19. The average Bonchev–Trinajstić information content (AvgIpc) is 3.01. The molecule has 106 valence electrons. The van der Waals surface area contributed by atoms with Crippen LogP contribution in [0.15, 0.2) is 43.2 Å². The number of hydrogen-bond donors (Lipinski definition) is 1. The summed E-state index contributed by atoms with van der Waals surface area (Å²) in [6, 6.07) is 3.76. The Morgan fingerprint density at radius 2 is 2.00 bits per heavy atom. The zero-order valence-electron chi connectivity index (χ0n) is 11.8. The van der Waals surface area contributed by atoms with E-state index < -0.39 is 0 Å². The van der Waals surface area contributed by atoms with Crippen LogP contribution in [-0.4, -0.2) is 29.6 Å². The van der Waals surface area contributed by atoms with Crippen molar-refractivity contribution in [3.05, 3.63) is 48.8 Å². The maximum atomic E-state index is 10.3. The zero-order valence-corrected chi connectivity index (χ0v) is 11.8. The van der Waals surface area contributed by atoms with E-state index in [-0.39, 0.29) is 11.8 Å². The van der Waals surface area contributed by atoms with Gasteiger partial charge in [0.2, 0.25) is 11.8 Å². The molecule has 0 radical (unpaired) electrons. The maximum Gasteiger partial charge on any atom is 0.238 e. The Hall–Kier alpha value is -2.76. The third-order valence-corrected chi connectivity index (χ3v) is 3.16. The minimum absolute atomic E-state index is 0.0115. The molecular weight excluding hydrogens is 266 g/mol. The normalized spacial score (nSPS) is 11.0. The van der Waals surface area contributed by atoms with Gasteiger partial charge in [-0.1, -0.05) is 13.8 Å². The molecule has 0 aromatic carbocycles. The smallest absolute Gasteiger partial charge is 0.238 e. The summed E-state index contributed by atoms with van der Waals surface area (Å²) in [5.74, 6) is 0.466. The van der Waals surface area contributed by atoms with Gasteiger partial charge < -0.3 is 5.11 Å². The van der Waals surface area contributed by atoms with Crippen LogP contribution in [0.5, 0.6) is 5.88 Å². The lowest BCUT2D eigenvalue weighted by molar-refractivity contribution is 0.440. The number of rotatable bonds is 3. The van der Waals surface area contributed by atoms with Crippen LogP contribution in [-0.2, 0) is 0 Å². The van der Waals surface area contributed by atoms with Gasteiger partial charge in [-0.25, -0.2) is 9.97 Å². The van der Waals surface area contributed by atoms with Crippen molar-refractivity contribution < 1.29 is 5.11 Å². The average molecular weight is 281 g/mol. The van der Waals surface area contributed by atoms with Crippen LogP contribution in [0.4, 0.5) is 0 Å². The van der Waals surface area contributed by atoms with E-state index in [1.54, 1.807) is 35.7 Å². The third kappa shape index (κ3) is 2.47. The number of aromatic nitrogens is 5. The lowest BCUT2D eigenvalue weighted by Crippen LogP contribution is -2.05. The summed E-state index contributed by atoms with van der Waals surface area (Å²) in [6.45, 7) is 3.99. The van der Waals surface area contributed by atoms with Crippen LogP contribution in [0.3, 0.4) is 0 Å². The van der Waals surface area contributed by atoms with E-state index in [1.165, 1.54) is 0 Å². The van der Waals surface area contributed by atoms with E-state index in [4.69, 9.17) is 0 Å². The van der Waals surface area contributed by atoms with Crippen LogP contribution in [0.2, 0.25) is 0 Å². The fraction of sp³-hybridized carbons (Fsp3) is 0.200. The minimum atomic E-state index is -0.0115. The second-order valence-electron chi connectivity index (χ2n) is 4.98. The Morgan fingerprint density at radius 3 is 2.62 bits per heavy atom. The second-order valence-corrected chi connectivity index (χ2v) is 4.98. The van der Waals surface area contributed by atoms with Crippen molar-refractivity contribution in [2.45, 2.75) is 19.8 Å². The summed E-state index contributed by atoms with van der Waals surface area (Å²) in [6.07, 6.45) is 8.40. The number of hydrogen-bond acceptors (Lipinski definition) is 5. The van der Waals surface area contributed by atoms with Crippen LogP contribution < -0.4 is 0 Å². The first-order valence-electron chi connectivity index (χ1n) is 6.66. The Bertz CT molecular complexity index is 738. The van der Waals surface area contributed by atoms with E-state index >= 15 is 0 Å². The molecule has 0 atom stereocenters. The van der Waals surface area contributed by atoms with E-state index in [0.29, 0.717) is 17.2 Å². The summed E-state index contributed by atoms with van der Waals surface area (Å²) in [5, 5.41) is 10.3. The largest absolute Gasteiger partial charge is 0.493 e. The Labute approximate surface area is 122 Å². The zero-order chi connectivity index (χ0) is 14.8. The lowest BCUT2D eigenvalue weighted by Gasteiger charge is -2.14. The van der Waals surface area contributed by atoms with Crippen molar-refractivity contribution in [2.24, 2.45) is 0 Å². The monoisotopic (exact) mass is 281 g/mol. The van der Waals surface area contributed by atoms with Gasteiger partial charge in [0.1, 0.15) is 6.33 Å². The van der Waals surface area contributed by atoms with E-state index in [2.05, 4.69) is 19.9 Å². The summed E-state index contributed by atoms with van der Waals surface area (Å²) < 4.78 is 1.66. The number of imidazole rings is 1. The molecule has 3 heterocycles. The minimum Gasteiger partial charge on any atom is -0.493 e. The topological polar surface area (TPSA) is 76.7 Å². The molecule has 3 rings (SSSR count). The molecule has 0 saturated carbocycles. The van der Waals surface area contributed by atoms with Crippen molar-refractivity contribution in [3.8, 4) is 23.1 Å². The molecule has 0 aliphatic heterocycles. The first-order valence-corrected chi connectivity index (χ1v) is 6.66. The first-order chi connectivity index (χ1) is 10.2. The van der Waals surface area contributed by atoms with Crippen molar-refractivity contribution >= 4 is 0 Å². The molecule has 3 aromatic heterocycles. The quantitative estimate of drug-likeness (QED) is 0.798. The van der Waals surface area contributed by atoms with Gasteiger partial charge in [0.15, 0.2) is 0 Å². The van der Waals surface area contributed by atoms with Crippen molar-refractivity contribution in [3.63, 3.8) is 0 Å². The molecule has 0 saturated heterocycles. The van der Waals surface area contributed by atoms with Crippen molar-refractivity contribution in [1.82, 2.24) is 24.5 Å². The summed E-state index contributed by atoms with van der Waals surface area (Å²) in [5.41, 5.74) is 2.25. The molecule has 0 aliphatic carbocycles. The van der Waals surface area contributed by atoms with Crippen LogP contribution in [0.1, 0.15) is 25.3 Å². The second kappa shape index (κ2) is 5.32. The highest BCUT2D eigenvalue weighted by atomic mass is 16.3. The van der Waals surface area contributed by atoms with Crippen molar-refractivity contribution in [2.75, 3.05) is 0 Å². The van der Waals surface area contributed by atoms with Gasteiger partial charge in [0.05, 0.1) is 5.69 Å². The summed E-state index contributed by atoms with van der Waals surface area (Å²) in [4.78, 5) is 16.8. The summed E-state index contributed by atoms with van der Waals surface area (Å²) >= 11 is 0. The SMILES string of the molecule is CC(C)c1c(O)nc(-n2ccnc2)nc1-c1cccnc1. The molecule has 0 aliphatic rings. The predicted molar refractivity (Wildman–Crippen MR) is 78.1 cm³/mol.